The number of H-pyrrole nitrogens is 1. The molecule has 5 rings (SSSR count). The number of nitrogens with zero attached hydrogens (tertiary/aromatic N) is 5. The molecular weight excluding hydrogens is 558 g/mol. The van der Waals surface area contributed by atoms with Gasteiger partial charge in [-0.05, 0) is 51.7 Å². The minimum absolute atomic E-state index is 0.0580. The Bertz CT molecular complexity index is 1470. The number of halogens is 2. The molecule has 0 saturated heterocycles. The number of aromatic nitrogens is 4. The van der Waals surface area contributed by atoms with Crippen LogP contribution in [-0.4, -0.2) is 49.5 Å². The molecule has 9 nitrogen and oxygen atoms in total. The molecule has 192 valence electrons. The number of fused-ring (bicyclic) bond motifs is 1. The van der Waals surface area contributed by atoms with Crippen LogP contribution in [0.4, 0.5) is 0 Å². The van der Waals surface area contributed by atoms with Gasteiger partial charge in [0.05, 0.1) is 16.6 Å². The molecule has 1 amide bonds. The Morgan fingerprint density at radius 2 is 2.03 bits per heavy atom. The Morgan fingerprint density at radius 1 is 1.24 bits per heavy atom. The lowest BCUT2D eigenvalue weighted by atomic mass is 10.0. The summed E-state index contributed by atoms with van der Waals surface area (Å²) >= 11 is 10.4. The molecule has 0 bridgehead atoms. The highest BCUT2D eigenvalue weighted by molar-refractivity contribution is 9.10. The van der Waals surface area contributed by atoms with Gasteiger partial charge in [-0.1, -0.05) is 55.3 Å². The molecule has 4 aromatic rings. The summed E-state index contributed by atoms with van der Waals surface area (Å²) in [5.41, 5.74) is 9.81. The minimum atomic E-state index is -0.402. The average molecular weight is 585 g/mol. The molecule has 0 spiro atoms. The van der Waals surface area contributed by atoms with Crippen LogP contribution in [0.15, 0.2) is 62.2 Å². The van der Waals surface area contributed by atoms with E-state index >= 15 is 0 Å². The molecule has 37 heavy (non-hydrogen) atoms. The second-order valence-corrected chi connectivity index (χ2v) is 10.2. The number of hydrogen-bond acceptors (Lipinski definition) is 7. The van der Waals surface area contributed by atoms with Crippen LogP contribution in [0, 0.1) is 0 Å². The molecule has 0 aliphatic carbocycles. The smallest absolute Gasteiger partial charge is 0.223 e. The third-order valence-electron chi connectivity index (χ3n) is 6.66. The van der Waals surface area contributed by atoms with Crippen LogP contribution in [0.2, 0.25) is 0 Å². The first-order chi connectivity index (χ1) is 17.9. The number of furan rings is 1. The van der Waals surface area contributed by atoms with Gasteiger partial charge >= 0.3 is 0 Å². The van der Waals surface area contributed by atoms with Crippen LogP contribution in [0.3, 0.4) is 0 Å². The second kappa shape index (κ2) is 10.5. The number of hydrogen-bond donors (Lipinski definition) is 2. The minimum Gasteiger partial charge on any atom is -0.455 e. The maximum atomic E-state index is 11.8. The Morgan fingerprint density at radius 3 is 2.73 bits per heavy atom. The number of nitrogens with two attached hydrogens (primary N) is 1. The van der Waals surface area contributed by atoms with Crippen LogP contribution in [-0.2, 0) is 11.3 Å². The number of rotatable bonds is 9. The molecule has 3 heterocycles. The number of nitrogens with one attached hydrogen (secondary N) is 1. The lowest BCUT2D eigenvalue weighted by Gasteiger charge is -2.32. The van der Waals surface area contributed by atoms with Gasteiger partial charge in [0.1, 0.15) is 22.7 Å². The van der Waals surface area contributed by atoms with Crippen LogP contribution in [0.25, 0.3) is 33.7 Å². The topological polar surface area (TPSA) is 117 Å². The maximum Gasteiger partial charge on any atom is 0.223 e. The fraction of sp³-hybridized carbons (Fsp3) is 0.308. The third-order valence-corrected chi connectivity index (χ3v) is 7.93. The molecular formula is C26H27BrClN7O2. The van der Waals surface area contributed by atoms with Crippen LogP contribution >= 0.6 is 27.5 Å². The SMILES string of the molecule is CCCCC1N(C)C(Cl)=C(CC(N)=O)N1Cc1ccc2oc(-c3ccccc3-c3nn[nH]n3)c(Br)c2c1. The van der Waals surface area contributed by atoms with Crippen LogP contribution in [0.5, 0.6) is 0 Å². The molecule has 3 N–H and O–H groups in total. The van der Waals surface area contributed by atoms with Crippen LogP contribution < -0.4 is 5.73 Å². The highest BCUT2D eigenvalue weighted by Crippen LogP contribution is 2.42. The van der Waals surface area contributed by atoms with E-state index in [1.165, 1.54) is 0 Å². The normalized spacial score (nSPS) is 15.8. The molecule has 1 atom stereocenters. The number of carbonyl (C=O) groups is 1. The fourth-order valence-corrected chi connectivity index (χ4v) is 5.75. The quantitative estimate of drug-likeness (QED) is 0.246. The summed E-state index contributed by atoms with van der Waals surface area (Å²) in [6, 6.07) is 13.9. The van der Waals surface area contributed by atoms with E-state index in [1.807, 2.05) is 48.3 Å². The highest BCUT2D eigenvalue weighted by atomic mass is 79.9. The van der Waals surface area contributed by atoms with Crippen molar-refractivity contribution in [2.45, 2.75) is 45.3 Å². The number of primary amides is 1. The number of amides is 1. The molecule has 1 aliphatic heterocycles. The van der Waals surface area contributed by atoms with Gasteiger partial charge in [-0.15, -0.1) is 10.2 Å². The number of carbonyl (C=O) groups excluding carboxylic acids is 1. The van der Waals surface area contributed by atoms with Gasteiger partial charge < -0.3 is 20.0 Å². The largest absolute Gasteiger partial charge is 0.455 e. The summed E-state index contributed by atoms with van der Waals surface area (Å²) in [5.74, 6) is 0.776. The van der Waals surface area contributed by atoms with Gasteiger partial charge in [0.2, 0.25) is 11.7 Å². The third kappa shape index (κ3) is 4.83. The van der Waals surface area contributed by atoms with E-state index in [0.29, 0.717) is 23.3 Å². The van der Waals surface area contributed by atoms with E-state index < -0.39 is 5.91 Å². The van der Waals surface area contributed by atoms with Crippen molar-refractivity contribution in [2.75, 3.05) is 7.05 Å². The van der Waals surface area contributed by atoms with E-state index in [-0.39, 0.29) is 12.6 Å². The lowest BCUT2D eigenvalue weighted by Crippen LogP contribution is -2.38. The Kier molecular flexibility index (Phi) is 7.21. The Balaban J connectivity index is 1.51. The van der Waals surface area contributed by atoms with Crippen molar-refractivity contribution in [3.63, 3.8) is 0 Å². The Labute approximate surface area is 227 Å². The second-order valence-electron chi connectivity index (χ2n) is 9.10. The maximum absolute atomic E-state index is 11.8. The Hall–Kier alpha value is -3.37. The van der Waals surface area contributed by atoms with Crippen molar-refractivity contribution >= 4 is 44.4 Å². The molecule has 1 unspecified atom stereocenters. The van der Waals surface area contributed by atoms with Crippen LogP contribution in [0.1, 0.15) is 38.2 Å². The molecule has 1 aliphatic rings. The number of benzene rings is 2. The van der Waals surface area contributed by atoms with Crippen molar-refractivity contribution < 1.29 is 9.21 Å². The summed E-state index contributed by atoms with van der Waals surface area (Å²) in [7, 11) is 1.97. The zero-order valence-electron chi connectivity index (χ0n) is 20.5. The van der Waals surface area contributed by atoms with E-state index in [0.717, 1.165) is 57.1 Å². The van der Waals surface area contributed by atoms with Gasteiger partial charge in [0.15, 0.2) is 0 Å². The fourth-order valence-electron chi connectivity index (χ4n) is 4.85. The van der Waals surface area contributed by atoms with Gasteiger partial charge in [0, 0.05) is 30.1 Å². The highest BCUT2D eigenvalue weighted by Gasteiger charge is 2.35. The number of tetrazole rings is 1. The monoisotopic (exact) mass is 583 g/mol. The van der Waals surface area contributed by atoms with Crippen molar-refractivity contribution in [1.82, 2.24) is 30.4 Å². The summed E-state index contributed by atoms with van der Waals surface area (Å²) < 4.78 is 7.12. The summed E-state index contributed by atoms with van der Waals surface area (Å²) in [6.07, 6.45) is 3.21. The predicted molar refractivity (Wildman–Crippen MR) is 146 cm³/mol. The first-order valence-corrected chi connectivity index (χ1v) is 13.3. The first kappa shape index (κ1) is 25.3. The summed E-state index contributed by atoms with van der Waals surface area (Å²) in [5, 5.41) is 16.0. The number of unbranched alkanes of at least 4 members (excludes halogenated alkanes) is 1. The van der Waals surface area contributed by atoms with Gasteiger partial charge in [-0.2, -0.15) is 5.21 Å². The lowest BCUT2D eigenvalue weighted by molar-refractivity contribution is -0.117. The van der Waals surface area contributed by atoms with Crippen molar-refractivity contribution in [2.24, 2.45) is 5.73 Å². The van der Waals surface area contributed by atoms with Gasteiger partial charge in [0.25, 0.3) is 0 Å². The number of aromatic amines is 1. The van der Waals surface area contributed by atoms with Crippen molar-refractivity contribution in [3.05, 3.63) is 63.4 Å². The van der Waals surface area contributed by atoms with Crippen molar-refractivity contribution in [3.8, 4) is 22.7 Å². The zero-order valence-corrected chi connectivity index (χ0v) is 22.9. The van der Waals surface area contributed by atoms with E-state index in [4.69, 9.17) is 21.8 Å². The molecule has 0 radical (unpaired) electrons. The molecule has 11 heteroatoms. The average Bonchev–Trinajstić information content (AvgIpc) is 3.59. The van der Waals surface area contributed by atoms with Gasteiger partial charge in [-0.25, -0.2) is 0 Å². The molecule has 2 aromatic heterocycles. The first-order valence-electron chi connectivity index (χ1n) is 12.1. The summed E-state index contributed by atoms with van der Waals surface area (Å²) in [4.78, 5) is 16.1. The molecule has 0 saturated carbocycles. The standard InChI is InChI=1S/C26H27BrClN7O2/c1-3-4-9-22-34(2)25(28)19(13-21(29)36)35(22)14-15-10-11-20-18(12-15)23(27)24(37-20)16-7-5-6-8-17(16)26-30-32-33-31-26/h5-8,10-12,22H,3-4,9,13-14H2,1-2H3,(H2,29,36)(H,30,31,32,33). The predicted octanol–water partition coefficient (Wildman–Crippen LogP) is 5.59. The van der Waals surface area contributed by atoms with E-state index in [2.05, 4.69) is 54.4 Å². The molecule has 0 fully saturated rings. The van der Waals surface area contributed by atoms with E-state index in [1.54, 1.807) is 0 Å². The van der Waals surface area contributed by atoms with E-state index in [9.17, 15) is 4.79 Å². The summed E-state index contributed by atoms with van der Waals surface area (Å²) in [6.45, 7) is 2.75. The zero-order chi connectivity index (χ0) is 26.1. The van der Waals surface area contributed by atoms with Gasteiger partial charge in [-0.3, -0.25) is 4.79 Å². The molecule has 2 aromatic carbocycles. The van der Waals surface area contributed by atoms with Crippen molar-refractivity contribution in [1.29, 1.82) is 0 Å².